The third-order valence-corrected chi connectivity index (χ3v) is 13.5. The van der Waals surface area contributed by atoms with Crippen LogP contribution in [0, 0.1) is 0 Å². The van der Waals surface area contributed by atoms with Crippen LogP contribution in [0.25, 0.3) is 99.4 Å². The van der Waals surface area contributed by atoms with E-state index in [9.17, 15) is 0 Å². The monoisotopic (exact) mass is 877 g/mol. The highest BCUT2D eigenvalue weighted by atomic mass is 15.1. The molecule has 1 heteroatoms. The molecule has 0 aliphatic heterocycles. The summed E-state index contributed by atoms with van der Waals surface area (Å²) >= 11 is 0. The van der Waals surface area contributed by atoms with Gasteiger partial charge >= 0.3 is 0 Å². The summed E-state index contributed by atoms with van der Waals surface area (Å²) in [7, 11) is 0. The van der Waals surface area contributed by atoms with Crippen LogP contribution < -0.4 is 4.90 Å². The van der Waals surface area contributed by atoms with E-state index in [1.54, 1.807) is 0 Å². The second-order valence-corrected chi connectivity index (χ2v) is 17.7. The fourth-order valence-corrected chi connectivity index (χ4v) is 10.0. The Kier molecular flexibility index (Phi) is 11.0. The number of benzene rings is 12. The Morgan fingerprint density at radius 3 is 0.768 bits per heavy atom. The lowest BCUT2D eigenvalue weighted by Crippen LogP contribution is -2.09. The molecule has 1 nitrogen and oxygen atoms in total. The largest absolute Gasteiger partial charge is 0.311 e. The molecule has 0 unspecified atom stereocenters. The van der Waals surface area contributed by atoms with Crippen molar-refractivity contribution < 1.29 is 0 Å². The summed E-state index contributed by atoms with van der Waals surface area (Å²) in [4.78, 5) is 2.36. The predicted octanol–water partition coefficient (Wildman–Crippen LogP) is 19.1. The molecule has 0 spiro atoms. The quantitative estimate of drug-likeness (QED) is 0.124. The molecule has 12 aromatic rings. The van der Waals surface area contributed by atoms with Gasteiger partial charge in [0.1, 0.15) is 0 Å². The molecule has 12 rings (SSSR count). The predicted molar refractivity (Wildman–Crippen MR) is 294 cm³/mol. The molecule has 0 aliphatic rings. The second kappa shape index (κ2) is 18.3. The topological polar surface area (TPSA) is 3.24 Å². The maximum absolute atomic E-state index is 2.39. The average Bonchev–Trinajstić information content (AvgIpc) is 3.44. The lowest BCUT2D eigenvalue weighted by molar-refractivity contribution is 1.28. The van der Waals surface area contributed by atoms with Crippen molar-refractivity contribution in [1.82, 2.24) is 0 Å². The van der Waals surface area contributed by atoms with Gasteiger partial charge < -0.3 is 4.90 Å². The zero-order valence-electron chi connectivity index (χ0n) is 38.1. The van der Waals surface area contributed by atoms with Crippen LogP contribution in [0.4, 0.5) is 17.1 Å². The van der Waals surface area contributed by atoms with Crippen molar-refractivity contribution in [3.8, 4) is 77.9 Å². The Balaban J connectivity index is 0.914. The van der Waals surface area contributed by atoms with Crippen LogP contribution in [0.3, 0.4) is 0 Å². The van der Waals surface area contributed by atoms with Gasteiger partial charge in [0.2, 0.25) is 0 Å². The average molecular weight is 878 g/mol. The number of hydrogen-bond donors (Lipinski definition) is 0. The fourth-order valence-electron chi connectivity index (χ4n) is 10.0. The highest BCUT2D eigenvalue weighted by molar-refractivity contribution is 6.22. The summed E-state index contributed by atoms with van der Waals surface area (Å²) in [5.41, 5.74) is 20.2. The summed E-state index contributed by atoms with van der Waals surface area (Å²) in [5, 5.41) is 5.00. The molecule has 0 saturated heterocycles. The minimum absolute atomic E-state index is 1.09. The van der Waals surface area contributed by atoms with Gasteiger partial charge in [0.25, 0.3) is 0 Å². The van der Waals surface area contributed by atoms with Gasteiger partial charge in [-0.15, -0.1) is 0 Å². The van der Waals surface area contributed by atoms with Crippen molar-refractivity contribution in [3.05, 3.63) is 285 Å². The lowest BCUT2D eigenvalue weighted by atomic mass is 9.84. The molecule has 0 aromatic heterocycles. The minimum Gasteiger partial charge on any atom is -0.311 e. The van der Waals surface area contributed by atoms with Crippen molar-refractivity contribution >= 4 is 38.6 Å². The molecular formula is C68H47N. The molecular weight excluding hydrogens is 831 g/mol. The van der Waals surface area contributed by atoms with Crippen molar-refractivity contribution in [2.45, 2.75) is 0 Å². The van der Waals surface area contributed by atoms with Crippen LogP contribution >= 0.6 is 0 Å². The molecule has 69 heavy (non-hydrogen) atoms. The molecule has 0 aliphatic carbocycles. The minimum atomic E-state index is 1.09. The molecule has 0 radical (unpaired) electrons. The molecule has 0 atom stereocenters. The van der Waals surface area contributed by atoms with Gasteiger partial charge in [-0.05, 0) is 142 Å². The summed E-state index contributed by atoms with van der Waals surface area (Å²) in [6.45, 7) is 0. The van der Waals surface area contributed by atoms with E-state index in [1.165, 1.54) is 99.4 Å². The van der Waals surface area contributed by atoms with Gasteiger partial charge in [0.05, 0.1) is 0 Å². The Labute approximate surface area is 404 Å². The first-order chi connectivity index (χ1) is 34.2. The molecule has 12 aromatic carbocycles. The van der Waals surface area contributed by atoms with E-state index in [2.05, 4.69) is 290 Å². The van der Waals surface area contributed by atoms with Gasteiger partial charge in [-0.2, -0.15) is 0 Å². The third-order valence-electron chi connectivity index (χ3n) is 13.5. The molecule has 0 bridgehead atoms. The van der Waals surface area contributed by atoms with Crippen molar-refractivity contribution in [3.63, 3.8) is 0 Å². The van der Waals surface area contributed by atoms with E-state index in [-0.39, 0.29) is 0 Å². The Morgan fingerprint density at radius 2 is 0.406 bits per heavy atom. The van der Waals surface area contributed by atoms with Crippen molar-refractivity contribution in [2.75, 3.05) is 4.90 Å². The first-order valence-corrected chi connectivity index (χ1v) is 23.7. The molecule has 0 fully saturated rings. The van der Waals surface area contributed by atoms with Gasteiger partial charge in [-0.25, -0.2) is 0 Å². The van der Waals surface area contributed by atoms with Crippen molar-refractivity contribution in [1.29, 1.82) is 0 Å². The highest BCUT2D eigenvalue weighted by Gasteiger charge is 2.19. The van der Waals surface area contributed by atoms with Gasteiger partial charge in [0, 0.05) is 17.1 Å². The van der Waals surface area contributed by atoms with E-state index >= 15 is 0 Å². The number of hydrogen-bond acceptors (Lipinski definition) is 1. The molecule has 0 N–H and O–H groups in total. The summed E-state index contributed by atoms with van der Waals surface area (Å²) < 4.78 is 0. The van der Waals surface area contributed by atoms with Crippen LogP contribution in [-0.4, -0.2) is 0 Å². The summed E-state index contributed by atoms with van der Waals surface area (Å²) in [5.74, 6) is 0. The van der Waals surface area contributed by atoms with Gasteiger partial charge in [-0.3, -0.25) is 0 Å². The Bertz CT molecular complexity index is 3550. The van der Waals surface area contributed by atoms with Crippen LogP contribution in [0.1, 0.15) is 0 Å². The van der Waals surface area contributed by atoms with Crippen LogP contribution in [0.15, 0.2) is 285 Å². The number of fused-ring (bicyclic) bond motifs is 3. The maximum atomic E-state index is 2.39. The number of rotatable bonds is 10. The molecule has 0 heterocycles. The Hall–Kier alpha value is -9.04. The fraction of sp³-hybridized carbons (Fsp3) is 0. The lowest BCUT2D eigenvalue weighted by Gasteiger charge is -2.26. The van der Waals surface area contributed by atoms with Crippen molar-refractivity contribution in [2.24, 2.45) is 0 Å². The van der Waals surface area contributed by atoms with Gasteiger partial charge in [0.15, 0.2) is 0 Å². The molecule has 0 amide bonds. The second-order valence-electron chi connectivity index (χ2n) is 17.7. The van der Waals surface area contributed by atoms with Crippen LogP contribution in [0.2, 0.25) is 0 Å². The van der Waals surface area contributed by atoms with E-state index < -0.39 is 0 Å². The normalized spacial score (nSPS) is 11.2. The number of nitrogens with zero attached hydrogens (tertiary/aromatic N) is 1. The third kappa shape index (κ3) is 8.18. The Morgan fingerprint density at radius 1 is 0.159 bits per heavy atom. The van der Waals surface area contributed by atoms with E-state index in [4.69, 9.17) is 0 Å². The van der Waals surface area contributed by atoms with Crippen LogP contribution in [-0.2, 0) is 0 Å². The zero-order valence-corrected chi connectivity index (χ0v) is 38.1. The number of anilines is 3. The smallest absolute Gasteiger partial charge is 0.0462 e. The standard InChI is InChI=1S/C68H47N/c1-5-15-48(16-6-1)50-25-29-52(30-26-50)54-33-40-60(41-34-54)69(61-42-35-55(36-43-61)53-31-27-51(28-32-53)49-17-7-2-8-18-49)62-44-37-56(38-45-62)59-39-46-65-66(47-59)63-23-13-14-24-64(63)67(57-19-9-3-10-20-57)68(65)58-21-11-4-12-22-58/h1-47H. The van der Waals surface area contributed by atoms with E-state index in [1.807, 2.05) is 0 Å². The van der Waals surface area contributed by atoms with E-state index in [0.717, 1.165) is 17.1 Å². The van der Waals surface area contributed by atoms with Gasteiger partial charge in [-0.1, -0.05) is 243 Å². The van der Waals surface area contributed by atoms with Crippen LogP contribution in [0.5, 0.6) is 0 Å². The maximum Gasteiger partial charge on any atom is 0.0462 e. The first-order valence-electron chi connectivity index (χ1n) is 23.7. The van der Waals surface area contributed by atoms with E-state index in [0.29, 0.717) is 0 Å². The summed E-state index contributed by atoms with van der Waals surface area (Å²) in [6.07, 6.45) is 0. The SMILES string of the molecule is c1ccc(-c2ccc(-c3ccc(N(c4ccc(-c5ccc(-c6ccccc6)cc5)cc4)c4ccc(-c5ccc6c(-c7ccccc7)c(-c7ccccc7)c7ccccc7c6c5)cc4)cc3)cc2)cc1. The molecule has 324 valence electrons. The summed E-state index contributed by atoms with van der Waals surface area (Å²) in [6, 6.07) is 103. The first kappa shape index (κ1) is 41.4. The molecule has 0 saturated carbocycles. The zero-order chi connectivity index (χ0) is 45.9. The highest BCUT2D eigenvalue weighted by Crippen LogP contribution is 2.46.